The summed E-state index contributed by atoms with van der Waals surface area (Å²) < 4.78 is 0. The molecule has 2 atom stereocenters. The minimum absolute atomic E-state index is 0. The molecule has 1 amide bonds. The third-order valence-corrected chi connectivity index (χ3v) is 5.49. The van der Waals surface area contributed by atoms with Crippen LogP contribution in [0.25, 0.3) is 0 Å². The van der Waals surface area contributed by atoms with Crippen LogP contribution in [0.1, 0.15) is 45.1 Å². The van der Waals surface area contributed by atoms with E-state index in [0.717, 1.165) is 51.9 Å². The van der Waals surface area contributed by atoms with Crippen LogP contribution in [0.4, 0.5) is 0 Å². The highest BCUT2D eigenvalue weighted by Gasteiger charge is 2.38. The lowest BCUT2D eigenvalue weighted by molar-refractivity contribution is -0.127. The number of likely N-dealkylation sites (tertiary alicyclic amines) is 1. The van der Waals surface area contributed by atoms with Crippen molar-refractivity contribution < 1.29 is 4.79 Å². The maximum atomic E-state index is 12.8. The lowest BCUT2D eigenvalue weighted by Crippen LogP contribution is -2.58. The van der Waals surface area contributed by atoms with Crippen LogP contribution in [-0.4, -0.2) is 42.5 Å². The highest BCUT2D eigenvalue weighted by Crippen LogP contribution is 2.30. The quantitative estimate of drug-likeness (QED) is 0.862. The molecule has 4 nitrogen and oxygen atoms in total. The molecule has 2 N–H and O–H groups in total. The summed E-state index contributed by atoms with van der Waals surface area (Å²) in [4.78, 5) is 15.2. The molecule has 1 aromatic carbocycles. The molecule has 0 bridgehead atoms. The van der Waals surface area contributed by atoms with Crippen molar-refractivity contribution in [2.75, 3.05) is 19.6 Å². The highest BCUT2D eigenvalue weighted by atomic mass is 35.5. The second-order valence-electron chi connectivity index (χ2n) is 8.05. The largest absolute Gasteiger partial charge is 0.351 e. The number of rotatable bonds is 4. The van der Waals surface area contributed by atoms with E-state index in [9.17, 15) is 4.79 Å². The summed E-state index contributed by atoms with van der Waals surface area (Å²) in [7, 11) is 0. The molecule has 0 spiro atoms. The second-order valence-corrected chi connectivity index (χ2v) is 8.05. The smallest absolute Gasteiger partial charge is 0.237 e. The number of carbonyl (C=O) groups excluding carboxylic acids is 1. The zero-order chi connectivity index (χ0) is 17.0. The van der Waals surface area contributed by atoms with E-state index in [1.165, 1.54) is 5.56 Å². The Hall–Kier alpha value is -1.10. The molecule has 2 unspecified atom stereocenters. The first kappa shape index (κ1) is 20.2. The molecule has 0 radical (unpaired) electrons. The van der Waals surface area contributed by atoms with Gasteiger partial charge in [0.25, 0.3) is 0 Å². The molecule has 5 heteroatoms. The minimum atomic E-state index is -0.0595. The number of hydrogen-bond donors (Lipinski definition) is 2. The molecule has 140 valence electrons. The van der Waals surface area contributed by atoms with Gasteiger partial charge in [-0.05, 0) is 49.8 Å². The SMILES string of the molecule is CC1(C)CCCNC1C(=O)NC1CCCN(Cc2ccccc2)C1.Cl. The number of amides is 1. The van der Waals surface area contributed by atoms with Crippen LogP contribution in [0.3, 0.4) is 0 Å². The average molecular weight is 366 g/mol. The Morgan fingerprint density at radius 2 is 2.04 bits per heavy atom. The van der Waals surface area contributed by atoms with E-state index in [4.69, 9.17) is 0 Å². The average Bonchev–Trinajstić information content (AvgIpc) is 2.55. The summed E-state index contributed by atoms with van der Waals surface area (Å²) in [6.45, 7) is 8.40. The van der Waals surface area contributed by atoms with Gasteiger partial charge in [0.05, 0.1) is 6.04 Å². The van der Waals surface area contributed by atoms with Gasteiger partial charge >= 0.3 is 0 Å². The van der Waals surface area contributed by atoms with Gasteiger partial charge in [-0.3, -0.25) is 9.69 Å². The summed E-state index contributed by atoms with van der Waals surface area (Å²) in [5, 5.41) is 6.74. The molecular formula is C20H32ClN3O. The normalized spacial score (nSPS) is 26.5. The fourth-order valence-electron chi connectivity index (χ4n) is 4.10. The number of nitrogens with zero attached hydrogens (tertiary/aromatic N) is 1. The molecule has 25 heavy (non-hydrogen) atoms. The van der Waals surface area contributed by atoms with Gasteiger partial charge in [0.2, 0.25) is 5.91 Å². The fraction of sp³-hybridized carbons (Fsp3) is 0.650. The van der Waals surface area contributed by atoms with Crippen molar-refractivity contribution in [3.63, 3.8) is 0 Å². The van der Waals surface area contributed by atoms with Crippen LogP contribution >= 0.6 is 12.4 Å². The van der Waals surface area contributed by atoms with Gasteiger partial charge in [-0.2, -0.15) is 0 Å². The second kappa shape index (κ2) is 9.02. The summed E-state index contributed by atoms with van der Waals surface area (Å²) in [5.41, 5.74) is 1.39. The number of piperidine rings is 2. The van der Waals surface area contributed by atoms with Gasteiger partial charge in [0.15, 0.2) is 0 Å². The van der Waals surface area contributed by atoms with Crippen molar-refractivity contribution in [2.24, 2.45) is 5.41 Å². The molecule has 2 heterocycles. The van der Waals surface area contributed by atoms with Crippen molar-refractivity contribution in [1.82, 2.24) is 15.5 Å². The van der Waals surface area contributed by atoms with Gasteiger partial charge < -0.3 is 10.6 Å². The standard InChI is InChI=1S/C20H31N3O.ClH/c1-20(2)11-7-12-21-18(20)19(24)22-17-10-6-13-23(15-17)14-16-8-4-3-5-9-16;/h3-5,8-9,17-18,21H,6-7,10-15H2,1-2H3,(H,22,24);1H. The Labute approximate surface area is 158 Å². The zero-order valence-corrected chi connectivity index (χ0v) is 16.3. The van der Waals surface area contributed by atoms with E-state index in [1.54, 1.807) is 0 Å². The van der Waals surface area contributed by atoms with Crippen LogP contribution in [0.5, 0.6) is 0 Å². The van der Waals surface area contributed by atoms with Gasteiger partial charge in [-0.15, -0.1) is 12.4 Å². The van der Waals surface area contributed by atoms with Gasteiger partial charge in [-0.1, -0.05) is 44.2 Å². The Bertz CT molecular complexity index is 549. The van der Waals surface area contributed by atoms with Crippen molar-refractivity contribution >= 4 is 18.3 Å². The zero-order valence-electron chi connectivity index (χ0n) is 15.5. The minimum Gasteiger partial charge on any atom is -0.351 e. The first-order valence-electron chi connectivity index (χ1n) is 9.35. The molecule has 1 aromatic rings. The number of nitrogens with one attached hydrogen (secondary N) is 2. The molecular weight excluding hydrogens is 334 g/mol. The van der Waals surface area contributed by atoms with E-state index >= 15 is 0 Å². The molecule has 2 fully saturated rings. The Morgan fingerprint density at radius 3 is 2.76 bits per heavy atom. The van der Waals surface area contributed by atoms with Crippen LogP contribution in [0.2, 0.25) is 0 Å². The number of hydrogen-bond acceptors (Lipinski definition) is 3. The number of benzene rings is 1. The van der Waals surface area contributed by atoms with Crippen LogP contribution in [0.15, 0.2) is 30.3 Å². The third-order valence-electron chi connectivity index (χ3n) is 5.49. The predicted octanol–water partition coefficient (Wildman–Crippen LogP) is 2.97. The third kappa shape index (κ3) is 5.44. The molecule has 2 saturated heterocycles. The lowest BCUT2D eigenvalue weighted by Gasteiger charge is -2.40. The summed E-state index contributed by atoms with van der Waals surface area (Å²) in [6, 6.07) is 10.8. The van der Waals surface area contributed by atoms with E-state index in [0.29, 0.717) is 0 Å². The molecule has 2 aliphatic rings. The fourth-order valence-corrected chi connectivity index (χ4v) is 4.10. The topological polar surface area (TPSA) is 44.4 Å². The predicted molar refractivity (Wildman–Crippen MR) is 105 cm³/mol. The first-order chi connectivity index (χ1) is 11.5. The Balaban J connectivity index is 0.00000225. The summed E-state index contributed by atoms with van der Waals surface area (Å²) >= 11 is 0. The van der Waals surface area contributed by atoms with Crippen molar-refractivity contribution in [2.45, 2.75) is 58.2 Å². The van der Waals surface area contributed by atoms with Crippen molar-refractivity contribution in [1.29, 1.82) is 0 Å². The molecule has 0 saturated carbocycles. The Kier molecular flexibility index (Phi) is 7.29. The number of halogens is 1. The maximum Gasteiger partial charge on any atom is 0.237 e. The molecule has 0 aliphatic carbocycles. The van der Waals surface area contributed by atoms with E-state index in [2.05, 4.69) is 59.7 Å². The molecule has 2 aliphatic heterocycles. The van der Waals surface area contributed by atoms with Crippen LogP contribution < -0.4 is 10.6 Å². The summed E-state index contributed by atoms with van der Waals surface area (Å²) in [6.07, 6.45) is 4.51. The van der Waals surface area contributed by atoms with E-state index in [-0.39, 0.29) is 35.8 Å². The van der Waals surface area contributed by atoms with E-state index < -0.39 is 0 Å². The van der Waals surface area contributed by atoms with Crippen LogP contribution in [-0.2, 0) is 11.3 Å². The highest BCUT2D eigenvalue weighted by molar-refractivity contribution is 5.85. The van der Waals surface area contributed by atoms with Gasteiger partial charge in [0, 0.05) is 19.1 Å². The van der Waals surface area contributed by atoms with Gasteiger partial charge in [-0.25, -0.2) is 0 Å². The Morgan fingerprint density at radius 1 is 1.28 bits per heavy atom. The monoisotopic (exact) mass is 365 g/mol. The maximum absolute atomic E-state index is 12.8. The molecule has 3 rings (SSSR count). The molecule has 0 aromatic heterocycles. The van der Waals surface area contributed by atoms with Crippen molar-refractivity contribution in [3.05, 3.63) is 35.9 Å². The van der Waals surface area contributed by atoms with Crippen molar-refractivity contribution in [3.8, 4) is 0 Å². The number of carbonyl (C=O) groups is 1. The van der Waals surface area contributed by atoms with Crippen LogP contribution in [0, 0.1) is 5.41 Å². The van der Waals surface area contributed by atoms with E-state index in [1.807, 2.05) is 0 Å². The first-order valence-corrected chi connectivity index (χ1v) is 9.35. The summed E-state index contributed by atoms with van der Waals surface area (Å²) in [5.74, 6) is 0.186. The lowest BCUT2D eigenvalue weighted by atomic mass is 9.77. The van der Waals surface area contributed by atoms with Gasteiger partial charge in [0.1, 0.15) is 0 Å².